The zero-order valence-corrected chi connectivity index (χ0v) is 18.6. The largest absolute Gasteiger partial charge is 0.345 e. The molecule has 3 rings (SSSR count). The van der Waals surface area contributed by atoms with Gasteiger partial charge >= 0.3 is 0 Å². The molecule has 0 aliphatic carbocycles. The van der Waals surface area contributed by atoms with Gasteiger partial charge in [0.1, 0.15) is 0 Å². The van der Waals surface area contributed by atoms with Crippen molar-refractivity contribution >= 4 is 5.91 Å². The number of carbonyl (C=O) groups excluding carboxylic acids is 1. The van der Waals surface area contributed by atoms with E-state index in [1.165, 1.54) is 16.7 Å². The summed E-state index contributed by atoms with van der Waals surface area (Å²) in [6.45, 7) is 14.4. The molecule has 0 radical (unpaired) electrons. The van der Waals surface area contributed by atoms with E-state index in [1.54, 1.807) is 6.08 Å². The molecule has 0 aliphatic heterocycles. The number of carbonyl (C=O) groups is 1. The van der Waals surface area contributed by atoms with Crippen LogP contribution in [0.25, 0.3) is 0 Å². The maximum atomic E-state index is 13.2. The summed E-state index contributed by atoms with van der Waals surface area (Å²) in [5, 5.41) is 0. The Morgan fingerprint density at radius 2 is 1.73 bits per heavy atom. The highest BCUT2D eigenvalue weighted by Crippen LogP contribution is 2.23. The van der Waals surface area contributed by atoms with Crippen molar-refractivity contribution in [1.82, 2.24) is 9.47 Å². The summed E-state index contributed by atoms with van der Waals surface area (Å²) in [5.74, 6) is 0.0269. The summed E-state index contributed by atoms with van der Waals surface area (Å²) in [5.41, 5.74) is 5.67. The number of hydrogen-bond acceptors (Lipinski definition) is 1. The maximum Gasteiger partial charge on any atom is 0.254 e. The van der Waals surface area contributed by atoms with Crippen molar-refractivity contribution in [2.75, 3.05) is 6.54 Å². The van der Waals surface area contributed by atoms with Crippen LogP contribution in [0.5, 0.6) is 0 Å². The molecule has 0 N–H and O–H groups in total. The van der Waals surface area contributed by atoms with E-state index in [1.807, 2.05) is 23.1 Å². The summed E-state index contributed by atoms with van der Waals surface area (Å²) in [7, 11) is 0. The van der Waals surface area contributed by atoms with Gasteiger partial charge in [0.15, 0.2) is 0 Å². The first-order valence-electron chi connectivity index (χ1n) is 10.5. The van der Waals surface area contributed by atoms with Crippen LogP contribution in [0, 0.1) is 6.92 Å². The van der Waals surface area contributed by atoms with Crippen LogP contribution >= 0.6 is 0 Å². The topological polar surface area (TPSA) is 25.2 Å². The zero-order chi connectivity index (χ0) is 21.7. The minimum Gasteiger partial charge on any atom is -0.345 e. The normalized spacial score (nSPS) is 11.3. The van der Waals surface area contributed by atoms with Crippen molar-refractivity contribution in [3.8, 4) is 0 Å². The maximum absolute atomic E-state index is 13.2. The Kier molecular flexibility index (Phi) is 6.61. The van der Waals surface area contributed by atoms with Gasteiger partial charge in [-0.25, -0.2) is 0 Å². The van der Waals surface area contributed by atoms with Crippen molar-refractivity contribution in [3.05, 3.63) is 107 Å². The molecule has 1 aromatic heterocycles. The third-order valence-electron chi connectivity index (χ3n) is 5.51. The Hall–Kier alpha value is -3.07. The van der Waals surface area contributed by atoms with Crippen LogP contribution < -0.4 is 0 Å². The van der Waals surface area contributed by atoms with Gasteiger partial charge in [0, 0.05) is 30.5 Å². The van der Waals surface area contributed by atoms with Crippen LogP contribution in [0.4, 0.5) is 0 Å². The third kappa shape index (κ3) is 5.10. The quantitative estimate of drug-likeness (QED) is 0.449. The standard InChI is InChI=1S/C27H32N2O/c1-6-17-29(26(30)22-13-15-24(16-14-22)27(3,4)5)20-25-12-9-18-28(25)19-23-11-8-7-10-21(23)2/h6-16,18H,1,17,19-20H2,2-5H3. The second-order valence-corrected chi connectivity index (χ2v) is 8.86. The fourth-order valence-corrected chi connectivity index (χ4v) is 3.58. The minimum absolute atomic E-state index is 0.0269. The second kappa shape index (κ2) is 9.17. The highest BCUT2D eigenvalue weighted by molar-refractivity contribution is 5.94. The summed E-state index contributed by atoms with van der Waals surface area (Å²) in [6, 6.07) is 20.5. The van der Waals surface area contributed by atoms with Crippen molar-refractivity contribution in [1.29, 1.82) is 0 Å². The van der Waals surface area contributed by atoms with Crippen LogP contribution in [0.15, 0.2) is 79.5 Å². The molecule has 0 saturated heterocycles. The molecule has 156 valence electrons. The predicted molar refractivity (Wildman–Crippen MR) is 125 cm³/mol. The van der Waals surface area contributed by atoms with Crippen LogP contribution in [-0.4, -0.2) is 21.9 Å². The van der Waals surface area contributed by atoms with Gasteiger partial charge in [0.2, 0.25) is 0 Å². The fourth-order valence-electron chi connectivity index (χ4n) is 3.58. The molecule has 0 fully saturated rings. The molecular weight excluding hydrogens is 368 g/mol. The van der Waals surface area contributed by atoms with E-state index in [-0.39, 0.29) is 11.3 Å². The number of nitrogens with zero attached hydrogens (tertiary/aromatic N) is 2. The van der Waals surface area contributed by atoms with E-state index >= 15 is 0 Å². The smallest absolute Gasteiger partial charge is 0.254 e. The lowest BCUT2D eigenvalue weighted by Gasteiger charge is -2.23. The van der Waals surface area contributed by atoms with Crippen molar-refractivity contribution in [2.24, 2.45) is 0 Å². The molecule has 1 heterocycles. The monoisotopic (exact) mass is 400 g/mol. The van der Waals surface area contributed by atoms with Crippen LogP contribution in [0.2, 0.25) is 0 Å². The SMILES string of the molecule is C=CCN(Cc1cccn1Cc1ccccc1C)C(=O)c1ccc(C(C)(C)C)cc1. The molecule has 0 spiro atoms. The highest BCUT2D eigenvalue weighted by atomic mass is 16.2. The van der Waals surface area contributed by atoms with Gasteiger partial charge in [-0.3, -0.25) is 4.79 Å². The van der Waals surface area contributed by atoms with Gasteiger partial charge in [0.25, 0.3) is 5.91 Å². The van der Waals surface area contributed by atoms with E-state index in [0.29, 0.717) is 18.7 Å². The molecular formula is C27H32N2O. The molecule has 0 saturated carbocycles. The Labute approximate surface area is 180 Å². The fraction of sp³-hybridized carbons (Fsp3) is 0.296. The number of benzene rings is 2. The van der Waals surface area contributed by atoms with Gasteiger partial charge in [-0.05, 0) is 53.3 Å². The number of rotatable bonds is 7. The highest BCUT2D eigenvalue weighted by Gasteiger charge is 2.19. The van der Waals surface area contributed by atoms with Crippen molar-refractivity contribution in [2.45, 2.75) is 46.2 Å². The summed E-state index contributed by atoms with van der Waals surface area (Å²) in [6.07, 6.45) is 3.87. The minimum atomic E-state index is 0.0269. The van der Waals surface area contributed by atoms with Gasteiger partial charge in [0.05, 0.1) is 6.54 Å². The number of amides is 1. The molecule has 30 heavy (non-hydrogen) atoms. The van der Waals surface area contributed by atoms with E-state index in [2.05, 4.69) is 87.5 Å². The lowest BCUT2D eigenvalue weighted by molar-refractivity contribution is 0.0759. The van der Waals surface area contributed by atoms with Crippen LogP contribution in [-0.2, 0) is 18.5 Å². The average molecular weight is 401 g/mol. The van der Waals surface area contributed by atoms with E-state index < -0.39 is 0 Å². The summed E-state index contributed by atoms with van der Waals surface area (Å²) in [4.78, 5) is 15.1. The number of hydrogen-bond donors (Lipinski definition) is 0. The van der Waals surface area contributed by atoms with Gasteiger partial charge in [-0.15, -0.1) is 6.58 Å². The molecule has 3 heteroatoms. The van der Waals surface area contributed by atoms with E-state index in [4.69, 9.17) is 0 Å². The zero-order valence-electron chi connectivity index (χ0n) is 18.6. The molecule has 0 atom stereocenters. The molecule has 1 amide bonds. The Morgan fingerprint density at radius 1 is 1.03 bits per heavy atom. The Morgan fingerprint density at radius 3 is 2.37 bits per heavy atom. The van der Waals surface area contributed by atoms with Crippen molar-refractivity contribution in [3.63, 3.8) is 0 Å². The lowest BCUT2D eigenvalue weighted by atomic mass is 9.86. The van der Waals surface area contributed by atoms with E-state index in [9.17, 15) is 4.79 Å². The predicted octanol–water partition coefficient (Wildman–Crippen LogP) is 5.97. The number of aromatic nitrogens is 1. The van der Waals surface area contributed by atoms with Crippen LogP contribution in [0.3, 0.4) is 0 Å². The Balaban J connectivity index is 1.79. The number of aryl methyl sites for hydroxylation is 1. The van der Waals surface area contributed by atoms with Crippen molar-refractivity contribution < 1.29 is 4.79 Å². The summed E-state index contributed by atoms with van der Waals surface area (Å²) < 4.78 is 2.22. The van der Waals surface area contributed by atoms with Gasteiger partial charge in [-0.1, -0.05) is 63.2 Å². The lowest BCUT2D eigenvalue weighted by Crippen LogP contribution is -2.31. The molecule has 0 bridgehead atoms. The summed E-state index contributed by atoms with van der Waals surface area (Å²) >= 11 is 0. The first kappa shape index (κ1) is 21.6. The first-order valence-corrected chi connectivity index (χ1v) is 10.5. The molecule has 3 nitrogen and oxygen atoms in total. The second-order valence-electron chi connectivity index (χ2n) is 8.86. The molecule has 2 aromatic carbocycles. The Bertz CT molecular complexity index is 1010. The van der Waals surface area contributed by atoms with Gasteiger partial charge in [-0.2, -0.15) is 0 Å². The van der Waals surface area contributed by atoms with E-state index in [0.717, 1.165) is 12.2 Å². The van der Waals surface area contributed by atoms with Crippen LogP contribution in [0.1, 0.15) is 53.5 Å². The molecule has 0 aliphatic rings. The first-order chi connectivity index (χ1) is 14.3. The third-order valence-corrected chi connectivity index (χ3v) is 5.51. The molecule has 0 unspecified atom stereocenters. The molecule has 3 aromatic rings. The average Bonchev–Trinajstić information content (AvgIpc) is 3.15. The van der Waals surface area contributed by atoms with Gasteiger partial charge < -0.3 is 9.47 Å².